The normalized spacial score (nSPS) is 23.0. The first kappa shape index (κ1) is 19.9. The molecule has 0 spiro atoms. The number of rotatable bonds is 3. The van der Waals surface area contributed by atoms with Crippen LogP contribution in [0.5, 0.6) is 0 Å². The van der Waals surface area contributed by atoms with Gasteiger partial charge in [0.05, 0.1) is 4.61 Å². The van der Waals surface area contributed by atoms with Gasteiger partial charge in [-0.25, -0.2) is 0 Å². The maximum atomic E-state index is 12.4. The van der Waals surface area contributed by atoms with E-state index >= 15 is 0 Å². The van der Waals surface area contributed by atoms with Gasteiger partial charge in [-0.2, -0.15) is 0 Å². The van der Waals surface area contributed by atoms with Crippen LogP contribution in [-0.4, -0.2) is 29.8 Å². The van der Waals surface area contributed by atoms with Crippen LogP contribution >= 0.6 is 15.9 Å². The maximum absolute atomic E-state index is 12.4. The summed E-state index contributed by atoms with van der Waals surface area (Å²) < 4.78 is 0.716. The lowest BCUT2D eigenvalue weighted by atomic mass is 10.1. The van der Waals surface area contributed by atoms with E-state index in [4.69, 9.17) is 0 Å². The van der Waals surface area contributed by atoms with E-state index in [2.05, 4.69) is 40.3 Å². The SMILES string of the molecule is CCCCN1C(=O)C(=O)NCCCC/C=C\CCCC/C=C\1Br. The van der Waals surface area contributed by atoms with E-state index in [1.54, 1.807) is 4.90 Å². The predicted molar refractivity (Wildman–Crippen MR) is 98.1 cm³/mol. The second kappa shape index (κ2) is 12.3. The van der Waals surface area contributed by atoms with Crippen molar-refractivity contribution in [1.82, 2.24) is 10.2 Å². The van der Waals surface area contributed by atoms with Crippen molar-refractivity contribution in [1.29, 1.82) is 0 Å². The Morgan fingerprint density at radius 2 is 1.74 bits per heavy atom. The lowest BCUT2D eigenvalue weighted by molar-refractivity contribution is -0.144. The maximum Gasteiger partial charge on any atom is 0.316 e. The van der Waals surface area contributed by atoms with Gasteiger partial charge < -0.3 is 5.32 Å². The molecule has 0 unspecified atom stereocenters. The molecule has 0 fully saturated rings. The van der Waals surface area contributed by atoms with Crippen molar-refractivity contribution in [2.75, 3.05) is 13.1 Å². The fraction of sp³-hybridized carbons (Fsp3) is 0.667. The molecule has 4 nitrogen and oxygen atoms in total. The van der Waals surface area contributed by atoms with Crippen LogP contribution in [0.15, 0.2) is 22.8 Å². The zero-order chi connectivity index (χ0) is 16.9. The van der Waals surface area contributed by atoms with Gasteiger partial charge in [-0.1, -0.05) is 31.6 Å². The van der Waals surface area contributed by atoms with Gasteiger partial charge in [0.25, 0.3) is 0 Å². The first-order chi connectivity index (χ1) is 11.2. The van der Waals surface area contributed by atoms with E-state index in [1.807, 2.05) is 6.08 Å². The van der Waals surface area contributed by atoms with E-state index in [0.29, 0.717) is 17.7 Å². The van der Waals surface area contributed by atoms with Crippen molar-refractivity contribution in [3.05, 3.63) is 22.8 Å². The van der Waals surface area contributed by atoms with Crippen LogP contribution in [-0.2, 0) is 9.59 Å². The molecule has 1 aliphatic heterocycles. The Labute approximate surface area is 148 Å². The quantitative estimate of drug-likeness (QED) is 0.448. The first-order valence-electron chi connectivity index (χ1n) is 8.77. The van der Waals surface area contributed by atoms with Gasteiger partial charge in [0.2, 0.25) is 0 Å². The third-order valence-corrected chi connectivity index (χ3v) is 4.57. The Hall–Kier alpha value is -1.10. The molecule has 0 bridgehead atoms. The summed E-state index contributed by atoms with van der Waals surface area (Å²) in [4.78, 5) is 26.0. The summed E-state index contributed by atoms with van der Waals surface area (Å²) >= 11 is 3.48. The van der Waals surface area contributed by atoms with Gasteiger partial charge in [-0.05, 0) is 67.3 Å². The highest BCUT2D eigenvalue weighted by atomic mass is 79.9. The predicted octanol–water partition coefficient (Wildman–Crippen LogP) is 4.27. The molecule has 0 aromatic heterocycles. The Kier molecular flexibility index (Phi) is 10.7. The summed E-state index contributed by atoms with van der Waals surface area (Å²) in [5, 5.41) is 2.74. The van der Waals surface area contributed by atoms with Gasteiger partial charge in [0.1, 0.15) is 0 Å². The number of halogens is 1. The fourth-order valence-corrected chi connectivity index (χ4v) is 2.95. The topological polar surface area (TPSA) is 49.4 Å². The van der Waals surface area contributed by atoms with Crippen LogP contribution in [0.3, 0.4) is 0 Å². The number of nitrogens with one attached hydrogen (secondary N) is 1. The molecule has 1 rings (SSSR count). The summed E-state index contributed by atoms with van der Waals surface area (Å²) in [6, 6.07) is 0. The molecule has 0 atom stereocenters. The van der Waals surface area contributed by atoms with Crippen LogP contribution in [0.25, 0.3) is 0 Å². The van der Waals surface area contributed by atoms with Gasteiger partial charge in [0.15, 0.2) is 0 Å². The number of nitrogens with zero attached hydrogens (tertiary/aromatic N) is 1. The zero-order valence-electron chi connectivity index (χ0n) is 14.2. The van der Waals surface area contributed by atoms with Gasteiger partial charge in [-0.15, -0.1) is 0 Å². The van der Waals surface area contributed by atoms with E-state index in [-0.39, 0.29) is 0 Å². The summed E-state index contributed by atoms with van der Waals surface area (Å²) in [6.45, 7) is 3.20. The molecule has 0 aromatic rings. The number of carbonyl (C=O) groups excluding carboxylic acids is 2. The van der Waals surface area contributed by atoms with Crippen molar-refractivity contribution < 1.29 is 9.59 Å². The van der Waals surface area contributed by atoms with E-state index in [0.717, 1.165) is 57.8 Å². The highest BCUT2D eigenvalue weighted by molar-refractivity contribution is 9.11. The monoisotopic (exact) mass is 384 g/mol. The number of hydrogen-bond acceptors (Lipinski definition) is 2. The summed E-state index contributed by atoms with van der Waals surface area (Å²) in [5.74, 6) is -0.970. The minimum absolute atomic E-state index is 0.464. The molecule has 1 N–H and O–H groups in total. The largest absolute Gasteiger partial charge is 0.348 e. The molecule has 0 radical (unpaired) electrons. The van der Waals surface area contributed by atoms with Gasteiger partial charge >= 0.3 is 11.8 Å². The molecule has 0 aliphatic carbocycles. The molecule has 0 saturated heterocycles. The number of carbonyl (C=O) groups is 2. The lowest BCUT2D eigenvalue weighted by Crippen LogP contribution is -2.42. The molecule has 0 saturated carbocycles. The molecule has 5 heteroatoms. The van der Waals surface area contributed by atoms with Crippen molar-refractivity contribution >= 4 is 27.7 Å². The van der Waals surface area contributed by atoms with Gasteiger partial charge in [-0.3, -0.25) is 14.5 Å². The highest BCUT2D eigenvalue weighted by Gasteiger charge is 2.23. The van der Waals surface area contributed by atoms with Crippen LogP contribution in [0.1, 0.15) is 64.7 Å². The summed E-state index contributed by atoms with van der Waals surface area (Å²) in [6.07, 6.45) is 15.6. The highest BCUT2D eigenvalue weighted by Crippen LogP contribution is 2.17. The number of allylic oxidation sites excluding steroid dienone is 3. The number of hydrogen-bond donors (Lipinski definition) is 1. The van der Waals surface area contributed by atoms with Crippen molar-refractivity contribution in [3.8, 4) is 0 Å². The van der Waals surface area contributed by atoms with Crippen LogP contribution in [0, 0.1) is 0 Å². The molecule has 1 heterocycles. The molecule has 0 aromatic carbocycles. The number of unbranched alkanes of at least 4 members (excludes halogenated alkanes) is 1. The molecule has 23 heavy (non-hydrogen) atoms. The average Bonchev–Trinajstić information content (AvgIpc) is 2.54. The average molecular weight is 385 g/mol. The van der Waals surface area contributed by atoms with Crippen molar-refractivity contribution in [2.45, 2.75) is 64.7 Å². The Morgan fingerprint density at radius 3 is 2.43 bits per heavy atom. The third kappa shape index (κ3) is 8.35. The fourth-order valence-electron chi connectivity index (χ4n) is 2.38. The zero-order valence-corrected chi connectivity index (χ0v) is 15.7. The van der Waals surface area contributed by atoms with E-state index < -0.39 is 11.8 Å². The summed E-state index contributed by atoms with van der Waals surface area (Å²) in [5.41, 5.74) is 0. The van der Waals surface area contributed by atoms with Gasteiger partial charge in [0, 0.05) is 13.1 Å². The van der Waals surface area contributed by atoms with Crippen LogP contribution in [0.2, 0.25) is 0 Å². The Bertz CT molecular complexity index is 433. The minimum atomic E-state index is -0.505. The Balaban J connectivity index is 2.74. The minimum Gasteiger partial charge on any atom is -0.348 e. The summed E-state index contributed by atoms with van der Waals surface area (Å²) in [7, 11) is 0. The third-order valence-electron chi connectivity index (χ3n) is 3.82. The standard InChI is InChI=1S/C18H29BrN2O2/c1-2-3-15-21-16(19)13-11-9-7-5-4-6-8-10-12-14-20-17(22)18(21)23/h4,6,13H,2-3,5,7-12,14-15H2,1H3,(H,20,22)/b6-4-,16-13-. The van der Waals surface area contributed by atoms with E-state index in [1.165, 1.54) is 0 Å². The van der Waals surface area contributed by atoms with E-state index in [9.17, 15) is 9.59 Å². The van der Waals surface area contributed by atoms with Crippen molar-refractivity contribution in [2.24, 2.45) is 0 Å². The van der Waals surface area contributed by atoms with Crippen LogP contribution in [0.4, 0.5) is 0 Å². The Morgan fingerprint density at radius 1 is 1.09 bits per heavy atom. The second-order valence-corrected chi connectivity index (χ2v) is 6.66. The molecule has 2 amide bonds. The second-order valence-electron chi connectivity index (χ2n) is 5.84. The lowest BCUT2D eigenvalue weighted by Gasteiger charge is -2.21. The molecular formula is C18H29BrN2O2. The smallest absolute Gasteiger partial charge is 0.316 e. The number of amides is 2. The van der Waals surface area contributed by atoms with Crippen LogP contribution < -0.4 is 5.32 Å². The molecule has 130 valence electrons. The molecular weight excluding hydrogens is 356 g/mol. The van der Waals surface area contributed by atoms with Crippen molar-refractivity contribution in [3.63, 3.8) is 0 Å². The molecule has 1 aliphatic rings. The first-order valence-corrected chi connectivity index (χ1v) is 9.56.